The zero-order valence-corrected chi connectivity index (χ0v) is 15.1. The molecule has 0 saturated carbocycles. The van der Waals surface area contributed by atoms with Crippen molar-refractivity contribution in [3.63, 3.8) is 0 Å². The van der Waals surface area contributed by atoms with Gasteiger partial charge < -0.3 is 14.6 Å². The minimum absolute atomic E-state index is 0.0571. The number of halogens is 1. The molecule has 1 heterocycles. The molecule has 6 heteroatoms. The third-order valence-corrected chi connectivity index (χ3v) is 4.36. The number of amides is 1. The summed E-state index contributed by atoms with van der Waals surface area (Å²) in [6.07, 6.45) is 0. The van der Waals surface area contributed by atoms with Crippen molar-refractivity contribution in [2.24, 2.45) is 0 Å². The maximum atomic E-state index is 12.4. The Hall–Kier alpha value is -2.37. The molecule has 0 bridgehead atoms. The Morgan fingerprint density at radius 3 is 2.84 bits per heavy atom. The van der Waals surface area contributed by atoms with Crippen LogP contribution in [0.15, 0.2) is 46.9 Å². The number of anilines is 1. The summed E-state index contributed by atoms with van der Waals surface area (Å²) in [6.45, 7) is 5.67. The summed E-state index contributed by atoms with van der Waals surface area (Å²) in [5, 5.41) is 3.54. The quantitative estimate of drug-likeness (QED) is 0.712. The number of aromatic nitrogens is 1. The van der Waals surface area contributed by atoms with E-state index in [1.54, 1.807) is 6.07 Å². The average Bonchev–Trinajstić information content (AvgIpc) is 2.99. The van der Waals surface area contributed by atoms with Crippen molar-refractivity contribution >= 4 is 34.3 Å². The second-order valence-electron chi connectivity index (χ2n) is 6.04. The molecule has 3 rings (SSSR count). The molecular formula is C19H21ClN3O2+. The van der Waals surface area contributed by atoms with Gasteiger partial charge >= 0.3 is 0 Å². The molecule has 25 heavy (non-hydrogen) atoms. The first-order chi connectivity index (χ1) is 12.0. The van der Waals surface area contributed by atoms with Crippen molar-refractivity contribution in [3.05, 3.63) is 58.9 Å². The molecule has 2 N–H and O–H groups in total. The molecule has 0 fully saturated rings. The number of nitrogens with one attached hydrogen (secondary N) is 2. The maximum absolute atomic E-state index is 12.4. The highest BCUT2D eigenvalue weighted by Gasteiger charge is 2.17. The van der Waals surface area contributed by atoms with Gasteiger partial charge in [0, 0.05) is 10.7 Å². The van der Waals surface area contributed by atoms with Gasteiger partial charge in [0.05, 0.1) is 6.54 Å². The van der Waals surface area contributed by atoms with E-state index in [9.17, 15) is 4.79 Å². The number of likely N-dealkylation sites (N-methyl/N-ethyl adjacent to an activating group) is 1. The number of aryl methyl sites for hydroxylation is 1. The lowest BCUT2D eigenvalue weighted by Gasteiger charge is -2.16. The monoisotopic (exact) mass is 358 g/mol. The van der Waals surface area contributed by atoms with Crippen molar-refractivity contribution < 1.29 is 14.1 Å². The highest BCUT2D eigenvalue weighted by molar-refractivity contribution is 6.31. The lowest BCUT2D eigenvalue weighted by Crippen LogP contribution is -3.11. The van der Waals surface area contributed by atoms with Crippen LogP contribution in [0.5, 0.6) is 0 Å². The lowest BCUT2D eigenvalue weighted by atomic mass is 10.2. The van der Waals surface area contributed by atoms with E-state index in [1.165, 1.54) is 0 Å². The van der Waals surface area contributed by atoms with Crippen molar-refractivity contribution in [1.82, 2.24) is 4.98 Å². The molecule has 0 aliphatic carbocycles. The first kappa shape index (κ1) is 17.5. The van der Waals surface area contributed by atoms with Crippen LogP contribution in [0, 0.1) is 6.92 Å². The van der Waals surface area contributed by atoms with Gasteiger partial charge in [0.25, 0.3) is 11.8 Å². The number of nitrogens with zero attached hydrogens (tertiary/aromatic N) is 1. The zero-order valence-electron chi connectivity index (χ0n) is 14.3. The van der Waals surface area contributed by atoms with E-state index in [1.807, 2.05) is 50.2 Å². The van der Waals surface area contributed by atoms with Crippen LogP contribution in [0.2, 0.25) is 5.02 Å². The number of benzene rings is 2. The van der Waals surface area contributed by atoms with E-state index in [2.05, 4.69) is 10.3 Å². The fraction of sp³-hybridized carbons (Fsp3) is 0.263. The van der Waals surface area contributed by atoms with Crippen molar-refractivity contribution in [2.45, 2.75) is 20.4 Å². The van der Waals surface area contributed by atoms with Gasteiger partial charge in [0.1, 0.15) is 5.52 Å². The van der Waals surface area contributed by atoms with E-state index < -0.39 is 0 Å². The molecule has 3 aromatic rings. The zero-order chi connectivity index (χ0) is 17.8. The SMILES string of the molecule is CC[NH+](CC(=O)Nc1cc(Cl)ccc1C)Cc1nc2ccccc2o1. The Labute approximate surface area is 151 Å². The van der Waals surface area contributed by atoms with Gasteiger partial charge in [-0.15, -0.1) is 0 Å². The highest BCUT2D eigenvalue weighted by atomic mass is 35.5. The topological polar surface area (TPSA) is 59.6 Å². The van der Waals surface area contributed by atoms with Gasteiger partial charge in [0.15, 0.2) is 18.7 Å². The first-order valence-corrected chi connectivity index (χ1v) is 8.67. The van der Waals surface area contributed by atoms with E-state index in [4.69, 9.17) is 16.0 Å². The number of oxazole rings is 1. The van der Waals surface area contributed by atoms with Gasteiger partial charge in [-0.1, -0.05) is 29.8 Å². The van der Waals surface area contributed by atoms with Crippen LogP contribution in [0.4, 0.5) is 5.69 Å². The molecule has 1 amide bonds. The highest BCUT2D eigenvalue weighted by Crippen LogP contribution is 2.19. The fourth-order valence-corrected chi connectivity index (χ4v) is 2.84. The number of carbonyl (C=O) groups excluding carboxylic acids is 1. The normalized spacial score (nSPS) is 12.3. The van der Waals surface area contributed by atoms with E-state index in [0.717, 1.165) is 33.8 Å². The Balaban J connectivity index is 1.65. The summed E-state index contributed by atoms with van der Waals surface area (Å²) in [5.41, 5.74) is 3.34. The molecule has 1 aromatic heterocycles. The van der Waals surface area contributed by atoms with Gasteiger partial charge in [-0.25, -0.2) is 4.98 Å². The maximum Gasteiger partial charge on any atom is 0.279 e. The predicted octanol–water partition coefficient (Wildman–Crippen LogP) is 2.83. The number of quaternary nitrogens is 1. The number of hydrogen-bond donors (Lipinski definition) is 2. The standard InChI is InChI=1S/C19H20ClN3O2/c1-3-23(12-19-22-15-6-4-5-7-17(15)25-19)11-18(24)21-16-10-14(20)9-8-13(16)2/h4-10H,3,11-12H2,1-2H3,(H,21,24)/p+1. The minimum Gasteiger partial charge on any atom is -0.435 e. The Morgan fingerprint density at radius 2 is 2.08 bits per heavy atom. The van der Waals surface area contributed by atoms with Crippen LogP contribution in [0.3, 0.4) is 0 Å². The number of para-hydroxylation sites is 2. The Morgan fingerprint density at radius 1 is 1.28 bits per heavy atom. The van der Waals surface area contributed by atoms with Crippen LogP contribution >= 0.6 is 11.6 Å². The van der Waals surface area contributed by atoms with Crippen molar-refractivity contribution in [3.8, 4) is 0 Å². The van der Waals surface area contributed by atoms with Crippen LogP contribution in [-0.4, -0.2) is 24.0 Å². The summed E-state index contributed by atoms with van der Waals surface area (Å²) in [6, 6.07) is 13.1. The largest absolute Gasteiger partial charge is 0.435 e. The molecule has 0 radical (unpaired) electrons. The van der Waals surface area contributed by atoms with Gasteiger partial charge in [-0.05, 0) is 43.7 Å². The number of hydrogen-bond acceptors (Lipinski definition) is 3. The second kappa shape index (κ2) is 7.68. The molecule has 2 aromatic carbocycles. The Bertz CT molecular complexity index is 858. The average molecular weight is 359 g/mol. The molecule has 0 aliphatic heterocycles. The number of carbonyl (C=O) groups is 1. The minimum atomic E-state index is -0.0571. The summed E-state index contributed by atoms with van der Waals surface area (Å²) in [4.78, 5) is 17.9. The molecule has 0 saturated heterocycles. The number of fused-ring (bicyclic) bond motifs is 1. The van der Waals surface area contributed by atoms with Gasteiger partial charge in [-0.2, -0.15) is 0 Å². The van der Waals surface area contributed by atoms with E-state index in [-0.39, 0.29) is 5.91 Å². The smallest absolute Gasteiger partial charge is 0.279 e. The van der Waals surface area contributed by atoms with E-state index >= 15 is 0 Å². The van der Waals surface area contributed by atoms with Gasteiger partial charge in [0.2, 0.25) is 0 Å². The summed E-state index contributed by atoms with van der Waals surface area (Å²) in [7, 11) is 0. The summed E-state index contributed by atoms with van der Waals surface area (Å²) < 4.78 is 5.75. The van der Waals surface area contributed by atoms with E-state index in [0.29, 0.717) is 24.0 Å². The third-order valence-electron chi connectivity index (χ3n) is 4.12. The number of rotatable bonds is 6. The summed E-state index contributed by atoms with van der Waals surface area (Å²) in [5.74, 6) is 0.586. The molecule has 130 valence electrons. The van der Waals surface area contributed by atoms with Crippen LogP contribution in [0.25, 0.3) is 11.1 Å². The third kappa shape index (κ3) is 4.38. The van der Waals surface area contributed by atoms with Crippen LogP contribution < -0.4 is 10.2 Å². The predicted molar refractivity (Wildman–Crippen MR) is 98.9 cm³/mol. The van der Waals surface area contributed by atoms with Crippen LogP contribution in [0.1, 0.15) is 18.4 Å². The molecule has 0 spiro atoms. The Kier molecular flexibility index (Phi) is 5.36. The molecule has 0 aliphatic rings. The van der Waals surface area contributed by atoms with Gasteiger partial charge in [-0.3, -0.25) is 4.79 Å². The lowest BCUT2D eigenvalue weighted by molar-refractivity contribution is -0.905. The van der Waals surface area contributed by atoms with Crippen molar-refractivity contribution in [1.29, 1.82) is 0 Å². The van der Waals surface area contributed by atoms with Crippen molar-refractivity contribution in [2.75, 3.05) is 18.4 Å². The fourth-order valence-electron chi connectivity index (χ4n) is 2.67. The molecular weight excluding hydrogens is 338 g/mol. The molecule has 1 unspecified atom stereocenters. The van der Waals surface area contributed by atoms with Crippen LogP contribution in [-0.2, 0) is 11.3 Å². The second-order valence-corrected chi connectivity index (χ2v) is 6.48. The molecule has 5 nitrogen and oxygen atoms in total. The molecule has 1 atom stereocenters. The summed E-state index contributed by atoms with van der Waals surface area (Å²) >= 11 is 6.00. The first-order valence-electron chi connectivity index (χ1n) is 8.29.